The zero-order valence-corrected chi connectivity index (χ0v) is 14.9. The Bertz CT molecular complexity index is 732. The highest BCUT2D eigenvalue weighted by atomic mass is 79.9. The Morgan fingerprint density at radius 3 is 2.67 bits per heavy atom. The lowest BCUT2D eigenvalue weighted by Gasteiger charge is -2.13. The molecule has 6 nitrogen and oxygen atoms in total. The van der Waals surface area contributed by atoms with Crippen molar-refractivity contribution < 1.29 is 14.6 Å². The quantitative estimate of drug-likeness (QED) is 0.521. The topological polar surface area (TPSA) is 83.0 Å². The van der Waals surface area contributed by atoms with E-state index < -0.39 is 6.04 Å². The van der Waals surface area contributed by atoms with E-state index in [-0.39, 0.29) is 11.7 Å². The summed E-state index contributed by atoms with van der Waals surface area (Å²) in [6.45, 7) is 1.73. The van der Waals surface area contributed by atoms with Crippen LogP contribution < -0.4 is 15.5 Å². The molecule has 1 amide bonds. The zero-order chi connectivity index (χ0) is 17.5. The molecule has 0 saturated carbocycles. The minimum atomic E-state index is -0.470. The number of amides is 1. The van der Waals surface area contributed by atoms with Gasteiger partial charge in [0.15, 0.2) is 0 Å². The molecule has 0 heterocycles. The first kappa shape index (κ1) is 17.8. The standard InChI is InChI=1S/C17H18BrN3O3/c1-11(20-14-5-3-13(18)4-6-14)17(23)21-19-10-12-9-15(24-2)7-8-16(12)22/h3-11,20,22H,1-2H3,(H,21,23)/b19-10-/t11-/m1/s1. The number of methoxy groups -OCH3 is 1. The molecule has 0 saturated heterocycles. The van der Waals surface area contributed by atoms with E-state index in [0.717, 1.165) is 10.2 Å². The Morgan fingerprint density at radius 1 is 1.29 bits per heavy atom. The number of rotatable bonds is 6. The molecule has 0 aliphatic rings. The maximum absolute atomic E-state index is 12.0. The van der Waals surface area contributed by atoms with Crippen LogP contribution >= 0.6 is 15.9 Å². The Morgan fingerprint density at radius 2 is 2.00 bits per heavy atom. The number of phenols is 1. The van der Waals surface area contributed by atoms with Gasteiger partial charge in [-0.05, 0) is 49.4 Å². The largest absolute Gasteiger partial charge is 0.507 e. The second-order valence-electron chi connectivity index (χ2n) is 5.03. The summed E-state index contributed by atoms with van der Waals surface area (Å²) in [6, 6.07) is 11.8. The van der Waals surface area contributed by atoms with Crippen molar-refractivity contribution >= 4 is 33.7 Å². The summed E-state index contributed by atoms with van der Waals surface area (Å²) in [4.78, 5) is 12.0. The number of anilines is 1. The van der Waals surface area contributed by atoms with Gasteiger partial charge >= 0.3 is 0 Å². The van der Waals surface area contributed by atoms with Gasteiger partial charge in [0.25, 0.3) is 5.91 Å². The Balaban J connectivity index is 1.93. The Labute approximate surface area is 148 Å². The molecular weight excluding hydrogens is 374 g/mol. The average molecular weight is 392 g/mol. The molecule has 1 atom stereocenters. The first-order chi connectivity index (χ1) is 11.5. The van der Waals surface area contributed by atoms with E-state index in [4.69, 9.17) is 4.74 Å². The van der Waals surface area contributed by atoms with Crippen molar-refractivity contribution in [3.05, 3.63) is 52.5 Å². The summed E-state index contributed by atoms with van der Waals surface area (Å²) in [7, 11) is 1.53. The van der Waals surface area contributed by atoms with E-state index in [1.54, 1.807) is 19.1 Å². The molecule has 2 aromatic carbocycles. The Kier molecular flexibility index (Phi) is 6.20. The molecule has 0 spiro atoms. The molecular formula is C17H18BrN3O3. The van der Waals surface area contributed by atoms with Crippen molar-refractivity contribution in [1.82, 2.24) is 5.43 Å². The van der Waals surface area contributed by atoms with Crippen LogP contribution in [0.15, 0.2) is 52.0 Å². The number of hydrogen-bond donors (Lipinski definition) is 3. The van der Waals surface area contributed by atoms with Gasteiger partial charge in [0, 0.05) is 15.7 Å². The van der Waals surface area contributed by atoms with Crippen molar-refractivity contribution in [3.63, 3.8) is 0 Å². The number of hydrogen-bond acceptors (Lipinski definition) is 5. The SMILES string of the molecule is COc1ccc(O)c(/C=N\NC(=O)[C@@H](C)Nc2ccc(Br)cc2)c1. The number of ether oxygens (including phenoxy) is 1. The monoisotopic (exact) mass is 391 g/mol. The molecule has 24 heavy (non-hydrogen) atoms. The van der Waals surface area contributed by atoms with Gasteiger partial charge in [0.1, 0.15) is 17.5 Å². The van der Waals surface area contributed by atoms with Crippen molar-refractivity contribution in [1.29, 1.82) is 0 Å². The highest BCUT2D eigenvalue weighted by molar-refractivity contribution is 9.10. The fourth-order valence-corrected chi connectivity index (χ4v) is 2.15. The first-order valence-corrected chi connectivity index (χ1v) is 8.01. The molecule has 3 N–H and O–H groups in total. The number of nitrogens with one attached hydrogen (secondary N) is 2. The molecule has 126 valence electrons. The van der Waals surface area contributed by atoms with Crippen LogP contribution in [0.2, 0.25) is 0 Å². The van der Waals surface area contributed by atoms with Crippen molar-refractivity contribution in [2.45, 2.75) is 13.0 Å². The fraction of sp³-hybridized carbons (Fsp3) is 0.176. The number of benzene rings is 2. The Hall–Kier alpha value is -2.54. The summed E-state index contributed by atoms with van der Waals surface area (Å²) >= 11 is 3.36. The van der Waals surface area contributed by atoms with Crippen LogP contribution in [0, 0.1) is 0 Å². The molecule has 0 aliphatic carbocycles. The summed E-state index contributed by atoms with van der Waals surface area (Å²) in [5.74, 6) is 0.345. The van der Waals surface area contributed by atoms with Crippen LogP contribution in [0.5, 0.6) is 11.5 Å². The predicted molar refractivity (Wildman–Crippen MR) is 97.6 cm³/mol. The average Bonchev–Trinajstić information content (AvgIpc) is 2.58. The third kappa shape index (κ3) is 4.99. The lowest BCUT2D eigenvalue weighted by Crippen LogP contribution is -2.34. The molecule has 0 unspecified atom stereocenters. The molecule has 0 aliphatic heterocycles. The third-order valence-electron chi connectivity index (χ3n) is 3.23. The molecule has 0 radical (unpaired) electrons. The van der Waals surface area contributed by atoms with Crippen LogP contribution in [0.4, 0.5) is 5.69 Å². The number of hydrazone groups is 1. The molecule has 2 rings (SSSR count). The highest BCUT2D eigenvalue weighted by Crippen LogP contribution is 2.21. The molecule has 0 fully saturated rings. The first-order valence-electron chi connectivity index (χ1n) is 7.21. The molecule has 7 heteroatoms. The number of halogens is 1. The fourth-order valence-electron chi connectivity index (χ4n) is 1.89. The molecule has 0 aromatic heterocycles. The van der Waals surface area contributed by atoms with E-state index in [1.807, 2.05) is 24.3 Å². The second-order valence-corrected chi connectivity index (χ2v) is 5.95. The van der Waals surface area contributed by atoms with Gasteiger partial charge in [-0.25, -0.2) is 5.43 Å². The van der Waals surface area contributed by atoms with E-state index in [2.05, 4.69) is 31.8 Å². The number of carbonyl (C=O) groups excluding carboxylic acids is 1. The highest BCUT2D eigenvalue weighted by Gasteiger charge is 2.11. The zero-order valence-electron chi connectivity index (χ0n) is 13.3. The van der Waals surface area contributed by atoms with Crippen LogP contribution in [0.25, 0.3) is 0 Å². The van der Waals surface area contributed by atoms with Crippen LogP contribution in [-0.2, 0) is 4.79 Å². The van der Waals surface area contributed by atoms with Crippen molar-refractivity contribution in [3.8, 4) is 11.5 Å². The maximum atomic E-state index is 12.0. The third-order valence-corrected chi connectivity index (χ3v) is 3.76. The summed E-state index contributed by atoms with van der Waals surface area (Å²) in [5.41, 5.74) is 3.71. The van der Waals surface area contributed by atoms with Gasteiger partial charge < -0.3 is 15.2 Å². The van der Waals surface area contributed by atoms with E-state index in [9.17, 15) is 9.90 Å². The van der Waals surface area contributed by atoms with Crippen molar-refractivity contribution in [2.75, 3.05) is 12.4 Å². The van der Waals surface area contributed by atoms with Gasteiger partial charge in [-0.1, -0.05) is 15.9 Å². The number of aromatic hydroxyl groups is 1. The normalized spacial score (nSPS) is 12.0. The van der Waals surface area contributed by atoms with Crippen LogP contribution in [0.3, 0.4) is 0 Å². The van der Waals surface area contributed by atoms with Gasteiger partial charge in [-0.3, -0.25) is 4.79 Å². The van der Waals surface area contributed by atoms with Gasteiger partial charge in [-0.15, -0.1) is 0 Å². The number of carbonyl (C=O) groups is 1. The summed E-state index contributed by atoms with van der Waals surface area (Å²) in [5, 5.41) is 16.7. The second kappa shape index (κ2) is 8.35. The van der Waals surface area contributed by atoms with Crippen LogP contribution in [-0.4, -0.2) is 30.4 Å². The van der Waals surface area contributed by atoms with E-state index >= 15 is 0 Å². The van der Waals surface area contributed by atoms with Gasteiger partial charge in [-0.2, -0.15) is 5.10 Å². The van der Waals surface area contributed by atoms with Crippen LogP contribution in [0.1, 0.15) is 12.5 Å². The lowest BCUT2D eigenvalue weighted by atomic mass is 10.2. The number of nitrogens with zero attached hydrogens (tertiary/aromatic N) is 1. The predicted octanol–water partition coefficient (Wildman–Crippen LogP) is 3.11. The number of phenolic OH excluding ortho intramolecular Hbond substituents is 1. The van der Waals surface area contributed by atoms with Gasteiger partial charge in [0.2, 0.25) is 0 Å². The smallest absolute Gasteiger partial charge is 0.262 e. The molecule has 2 aromatic rings. The van der Waals surface area contributed by atoms with Gasteiger partial charge in [0.05, 0.1) is 13.3 Å². The lowest BCUT2D eigenvalue weighted by molar-refractivity contribution is -0.121. The molecule has 0 bridgehead atoms. The van der Waals surface area contributed by atoms with E-state index in [1.165, 1.54) is 19.4 Å². The summed E-state index contributed by atoms with van der Waals surface area (Å²) in [6.07, 6.45) is 1.36. The maximum Gasteiger partial charge on any atom is 0.262 e. The van der Waals surface area contributed by atoms with Crippen molar-refractivity contribution in [2.24, 2.45) is 5.10 Å². The summed E-state index contributed by atoms with van der Waals surface area (Å²) < 4.78 is 6.04. The minimum Gasteiger partial charge on any atom is -0.507 e. The van der Waals surface area contributed by atoms with E-state index in [0.29, 0.717) is 11.3 Å². The minimum absolute atomic E-state index is 0.0508.